The van der Waals surface area contributed by atoms with Gasteiger partial charge in [0.25, 0.3) is 0 Å². The Labute approximate surface area is 136 Å². The monoisotopic (exact) mass is 307 g/mol. The molecule has 23 heavy (non-hydrogen) atoms. The van der Waals surface area contributed by atoms with Crippen molar-refractivity contribution < 1.29 is 0 Å². The lowest BCUT2D eigenvalue weighted by Crippen LogP contribution is -2.18. The first-order valence-electron chi connectivity index (χ1n) is 7.82. The van der Waals surface area contributed by atoms with Crippen molar-refractivity contribution >= 4 is 5.95 Å². The van der Waals surface area contributed by atoms with E-state index in [-0.39, 0.29) is 0 Å². The molecule has 1 aliphatic heterocycles. The average molecular weight is 307 g/mol. The van der Waals surface area contributed by atoms with Crippen LogP contribution in [-0.4, -0.2) is 19.7 Å². The van der Waals surface area contributed by atoms with Crippen LogP contribution in [0.3, 0.4) is 0 Å². The van der Waals surface area contributed by atoms with E-state index in [0.29, 0.717) is 0 Å². The highest BCUT2D eigenvalue weighted by Crippen LogP contribution is 2.24. The second-order valence-corrected chi connectivity index (χ2v) is 5.47. The fraction of sp³-hybridized carbons (Fsp3) is 0.278. The quantitative estimate of drug-likeness (QED) is 0.795. The van der Waals surface area contributed by atoms with E-state index in [4.69, 9.17) is 5.10 Å². The van der Waals surface area contributed by atoms with Crippen molar-refractivity contribution in [3.63, 3.8) is 0 Å². The molecule has 2 aromatic rings. The van der Waals surface area contributed by atoms with Crippen molar-refractivity contribution in [2.75, 3.05) is 4.90 Å². The minimum Gasteiger partial charge on any atom is -0.330 e. The maximum Gasteiger partial charge on any atom is 0.225 e. The second-order valence-electron chi connectivity index (χ2n) is 5.47. The van der Waals surface area contributed by atoms with Crippen LogP contribution in [0.2, 0.25) is 0 Å². The van der Waals surface area contributed by atoms with Crippen LogP contribution in [-0.2, 0) is 19.6 Å². The van der Waals surface area contributed by atoms with Gasteiger partial charge >= 0.3 is 0 Å². The molecule has 2 aromatic heterocycles. The topological polar surface area (TPSA) is 46.8 Å². The molecular weight excluding hydrogens is 286 g/mol. The molecule has 0 atom stereocenters. The van der Waals surface area contributed by atoms with Crippen molar-refractivity contribution in [2.24, 2.45) is 0 Å². The summed E-state index contributed by atoms with van der Waals surface area (Å²) in [7, 11) is 0. The van der Waals surface area contributed by atoms with Gasteiger partial charge in [0.05, 0.1) is 18.8 Å². The van der Waals surface area contributed by atoms with Crippen molar-refractivity contribution in [1.29, 1.82) is 0 Å². The number of fused-ring (bicyclic) bond motifs is 1. The summed E-state index contributed by atoms with van der Waals surface area (Å²) in [6.07, 6.45) is 16.1. The molecule has 0 spiro atoms. The molecule has 5 heteroatoms. The Morgan fingerprint density at radius 1 is 1.17 bits per heavy atom. The lowest BCUT2D eigenvalue weighted by molar-refractivity contribution is 0.659. The zero-order valence-corrected chi connectivity index (χ0v) is 13.6. The normalized spacial score (nSPS) is 15.0. The first-order chi connectivity index (χ1) is 11.3. The van der Waals surface area contributed by atoms with E-state index >= 15 is 0 Å². The molecule has 5 nitrogen and oxygen atoms in total. The van der Waals surface area contributed by atoms with Gasteiger partial charge in [0.15, 0.2) is 0 Å². The van der Waals surface area contributed by atoms with Crippen LogP contribution in [0.4, 0.5) is 5.95 Å². The van der Waals surface area contributed by atoms with Gasteiger partial charge in [-0.1, -0.05) is 30.4 Å². The van der Waals surface area contributed by atoms with Gasteiger partial charge in [-0.15, -0.1) is 0 Å². The number of nitrogens with zero attached hydrogens (tertiary/aromatic N) is 5. The van der Waals surface area contributed by atoms with Gasteiger partial charge in [0.2, 0.25) is 5.95 Å². The van der Waals surface area contributed by atoms with Crippen LogP contribution in [0.15, 0.2) is 60.6 Å². The van der Waals surface area contributed by atoms with Crippen molar-refractivity contribution in [3.05, 3.63) is 71.9 Å². The molecule has 3 rings (SSSR count). The molecule has 0 fully saturated rings. The van der Waals surface area contributed by atoms with Gasteiger partial charge in [-0.3, -0.25) is 4.68 Å². The largest absolute Gasteiger partial charge is 0.330 e. The maximum absolute atomic E-state index is 4.72. The highest BCUT2D eigenvalue weighted by atomic mass is 15.3. The molecule has 3 heterocycles. The van der Waals surface area contributed by atoms with E-state index in [1.165, 1.54) is 11.1 Å². The molecule has 0 saturated carbocycles. The summed E-state index contributed by atoms with van der Waals surface area (Å²) in [5, 5.41) is 4.72. The Morgan fingerprint density at radius 2 is 2.00 bits per heavy atom. The lowest BCUT2D eigenvalue weighted by atomic mass is 10.2. The summed E-state index contributed by atoms with van der Waals surface area (Å²) in [5.74, 6) is 0.764. The minimum absolute atomic E-state index is 0.764. The van der Waals surface area contributed by atoms with Gasteiger partial charge in [-0.05, 0) is 25.5 Å². The first kappa shape index (κ1) is 15.2. The highest BCUT2D eigenvalue weighted by Gasteiger charge is 2.24. The predicted octanol–water partition coefficient (Wildman–Crippen LogP) is 3.27. The molecule has 0 aliphatic carbocycles. The van der Waals surface area contributed by atoms with Gasteiger partial charge in [-0.25, -0.2) is 9.97 Å². The van der Waals surface area contributed by atoms with Crippen LogP contribution in [0.1, 0.15) is 25.1 Å². The Balaban J connectivity index is 1.71. The van der Waals surface area contributed by atoms with Crippen LogP contribution >= 0.6 is 0 Å². The lowest BCUT2D eigenvalue weighted by Gasteiger charge is -2.14. The molecule has 0 bridgehead atoms. The Morgan fingerprint density at radius 3 is 2.70 bits per heavy atom. The highest BCUT2D eigenvalue weighted by molar-refractivity contribution is 5.39. The Hall–Kier alpha value is -2.69. The van der Waals surface area contributed by atoms with Crippen LogP contribution in [0, 0.1) is 0 Å². The number of anilines is 1. The van der Waals surface area contributed by atoms with Gasteiger partial charge in [0, 0.05) is 30.7 Å². The second kappa shape index (κ2) is 7.05. The molecule has 118 valence electrons. The van der Waals surface area contributed by atoms with Crippen molar-refractivity contribution in [3.8, 4) is 0 Å². The van der Waals surface area contributed by atoms with Gasteiger partial charge in [0.1, 0.15) is 0 Å². The zero-order valence-electron chi connectivity index (χ0n) is 13.6. The summed E-state index contributed by atoms with van der Waals surface area (Å²) in [5.41, 5.74) is 3.60. The number of aromatic nitrogens is 4. The van der Waals surface area contributed by atoms with Crippen LogP contribution < -0.4 is 4.90 Å². The Kier molecular flexibility index (Phi) is 4.66. The summed E-state index contributed by atoms with van der Waals surface area (Å²) < 4.78 is 2.02. The third-order valence-electron chi connectivity index (χ3n) is 3.69. The first-order valence-corrected chi connectivity index (χ1v) is 7.82. The SMILES string of the molecule is C\C=C/C=C(\C=C/C)Cn1cc2c(n1)CN(c1ncccn1)C2. The summed E-state index contributed by atoms with van der Waals surface area (Å²) >= 11 is 0. The molecule has 0 unspecified atom stereocenters. The van der Waals surface area contributed by atoms with E-state index in [1.54, 1.807) is 12.4 Å². The molecule has 0 amide bonds. The number of hydrogen-bond acceptors (Lipinski definition) is 4. The third-order valence-corrected chi connectivity index (χ3v) is 3.69. The van der Waals surface area contributed by atoms with E-state index < -0.39 is 0 Å². The third kappa shape index (κ3) is 3.56. The number of hydrogen-bond donors (Lipinski definition) is 0. The summed E-state index contributed by atoms with van der Waals surface area (Å²) in [6, 6.07) is 1.83. The zero-order chi connectivity index (χ0) is 16.1. The summed E-state index contributed by atoms with van der Waals surface area (Å²) in [6.45, 7) is 6.42. The molecule has 0 N–H and O–H groups in total. The number of allylic oxidation sites excluding steroid dienone is 6. The molecular formula is C18H21N5. The van der Waals surface area contributed by atoms with Crippen LogP contribution in [0.5, 0.6) is 0 Å². The minimum atomic E-state index is 0.764. The van der Waals surface area contributed by atoms with Gasteiger partial charge < -0.3 is 4.90 Å². The standard InChI is InChI=1S/C18H21N5/c1-3-5-8-15(7-4-2)11-23-13-16-12-22(14-17(16)21-23)18-19-9-6-10-20-18/h3-10,13H,11-12,14H2,1-2H3/b5-3-,7-4-,15-8+. The summed E-state index contributed by atoms with van der Waals surface area (Å²) in [4.78, 5) is 10.8. The van der Waals surface area contributed by atoms with Crippen molar-refractivity contribution in [1.82, 2.24) is 19.7 Å². The molecule has 1 aliphatic rings. The van der Waals surface area contributed by atoms with E-state index in [1.807, 2.05) is 30.7 Å². The van der Waals surface area contributed by atoms with E-state index in [9.17, 15) is 0 Å². The van der Waals surface area contributed by atoms with Crippen molar-refractivity contribution in [2.45, 2.75) is 33.5 Å². The number of rotatable bonds is 5. The fourth-order valence-electron chi connectivity index (χ4n) is 2.67. The van der Waals surface area contributed by atoms with E-state index in [2.05, 4.69) is 45.4 Å². The molecule has 0 aromatic carbocycles. The Bertz CT molecular complexity index is 717. The van der Waals surface area contributed by atoms with Gasteiger partial charge in [-0.2, -0.15) is 5.10 Å². The average Bonchev–Trinajstić information content (AvgIpc) is 3.12. The van der Waals surface area contributed by atoms with Crippen LogP contribution in [0.25, 0.3) is 0 Å². The molecule has 0 radical (unpaired) electrons. The van der Waals surface area contributed by atoms with E-state index in [0.717, 1.165) is 31.3 Å². The fourth-order valence-corrected chi connectivity index (χ4v) is 2.67. The molecule has 0 saturated heterocycles. The maximum atomic E-state index is 4.72. The smallest absolute Gasteiger partial charge is 0.225 e. The predicted molar refractivity (Wildman–Crippen MR) is 91.9 cm³/mol.